The van der Waals surface area contributed by atoms with Gasteiger partial charge < -0.3 is 9.05 Å². The number of benzene rings is 2. The van der Waals surface area contributed by atoms with E-state index in [4.69, 9.17) is 22.4 Å². The minimum atomic E-state index is -4.58. The lowest BCUT2D eigenvalue weighted by Crippen LogP contribution is -2.19. The summed E-state index contributed by atoms with van der Waals surface area (Å²) < 4.78 is 61.7. The van der Waals surface area contributed by atoms with Crippen molar-refractivity contribution in [3.63, 3.8) is 0 Å². The molecule has 2 aromatic rings. The molecule has 9 heteroatoms. The van der Waals surface area contributed by atoms with Gasteiger partial charge in [0.15, 0.2) is 0 Å². The van der Waals surface area contributed by atoms with Crippen LogP contribution in [0.4, 0.5) is 0 Å². The quantitative estimate of drug-likeness (QED) is 0.0688. The average molecular weight is 861 g/mol. The Labute approximate surface area is 362 Å². The number of unbranched alkanes of at least 4 members (excludes halogenated alkanes) is 18. The van der Waals surface area contributed by atoms with Gasteiger partial charge in [0.1, 0.15) is 11.5 Å². The van der Waals surface area contributed by atoms with E-state index in [0.717, 1.165) is 60.8 Å². The van der Waals surface area contributed by atoms with Gasteiger partial charge in [0.2, 0.25) is 0 Å². The lowest BCUT2D eigenvalue weighted by atomic mass is 9.76. The zero-order chi connectivity index (χ0) is 43.5. The number of hydrogen-bond acceptors (Lipinski definition) is 7. The van der Waals surface area contributed by atoms with Crippen LogP contribution in [-0.4, -0.2) is 13.2 Å². The van der Waals surface area contributed by atoms with Gasteiger partial charge in [-0.25, -0.2) is 9.13 Å². The Morgan fingerprint density at radius 1 is 0.492 bits per heavy atom. The molecule has 0 spiro atoms. The molecule has 0 saturated carbocycles. The van der Waals surface area contributed by atoms with Gasteiger partial charge in [0, 0.05) is 17.0 Å². The van der Waals surface area contributed by atoms with Gasteiger partial charge in [-0.2, -0.15) is 4.31 Å². The Bertz CT molecular complexity index is 1510. The largest absolute Gasteiger partial charge is 0.539 e. The van der Waals surface area contributed by atoms with Crippen molar-refractivity contribution in [1.82, 2.24) is 0 Å². The number of hydrogen-bond donors (Lipinski definition) is 0. The molecule has 4 aliphatic heterocycles. The molecule has 4 heterocycles. The first-order valence-electron chi connectivity index (χ1n) is 23.9. The summed E-state index contributed by atoms with van der Waals surface area (Å²) in [5.41, 5.74) is 5.49. The predicted octanol–water partition coefficient (Wildman–Crippen LogP) is 17.7. The lowest BCUT2D eigenvalue weighted by Gasteiger charge is -2.32. The summed E-state index contributed by atoms with van der Waals surface area (Å²) in [6, 6.07) is 8.39. The maximum atomic E-state index is 15.2. The number of phosphoric acid groups is 2. The van der Waals surface area contributed by atoms with Crippen molar-refractivity contribution in [1.29, 1.82) is 0 Å². The summed E-state index contributed by atoms with van der Waals surface area (Å²) in [6.07, 6.45) is 25.0. The van der Waals surface area contributed by atoms with E-state index in [0.29, 0.717) is 24.3 Å². The first-order valence-corrected chi connectivity index (χ1v) is 26.8. The predicted molar refractivity (Wildman–Crippen MR) is 250 cm³/mol. The van der Waals surface area contributed by atoms with Gasteiger partial charge in [-0.1, -0.05) is 196 Å². The lowest BCUT2D eigenvalue weighted by molar-refractivity contribution is 0.158. The van der Waals surface area contributed by atoms with Crippen LogP contribution in [0.5, 0.6) is 11.5 Å². The molecule has 0 saturated heterocycles. The number of phosphoric ester groups is 2. The van der Waals surface area contributed by atoms with Crippen LogP contribution in [0, 0.1) is 13.8 Å². The molecule has 338 valence electrons. The first-order chi connectivity index (χ1) is 28.0. The first kappa shape index (κ1) is 51.7. The smallest absolute Gasteiger partial charge is 0.403 e. The summed E-state index contributed by atoms with van der Waals surface area (Å²) in [7, 11) is -9.17. The topological polar surface area (TPSA) is 80.3 Å². The van der Waals surface area contributed by atoms with Crippen LogP contribution < -0.4 is 9.05 Å². The monoisotopic (exact) mass is 861 g/mol. The third kappa shape index (κ3) is 17.6. The standard InChI is InChI=1S/C50H86O7P2/c1-12-15-17-19-21-23-25-27-29-31-34-53-58(51)55-47-36-40(4)43(38-45(47)49(6,7)8)42(33-14-3)44-39-46(50(9,10)11)48(37-41(44)5)56-59(52,57-58)54-35-32-30-28-26-24-22-20-18-16-13-2/h36-39,42H,12-35H2,1-11H3. The minimum absolute atomic E-state index is 0.100. The molecule has 4 bridgehead atoms. The molecule has 0 N–H and O–H groups in total. The highest BCUT2D eigenvalue weighted by Gasteiger charge is 2.45. The highest BCUT2D eigenvalue weighted by atomic mass is 31.3. The van der Waals surface area contributed by atoms with Gasteiger partial charge >= 0.3 is 15.6 Å². The molecule has 0 amide bonds. The van der Waals surface area contributed by atoms with E-state index in [1.165, 1.54) is 101 Å². The maximum Gasteiger partial charge on any atom is 0.539 e. The Morgan fingerprint density at radius 2 is 0.814 bits per heavy atom. The van der Waals surface area contributed by atoms with Gasteiger partial charge in [-0.05, 0) is 78.3 Å². The zero-order valence-corrected chi connectivity index (χ0v) is 41.4. The third-order valence-corrected chi connectivity index (χ3v) is 15.2. The molecule has 0 fully saturated rings. The average Bonchev–Trinajstić information content (AvgIpc) is 3.14. The van der Waals surface area contributed by atoms with Crippen LogP contribution in [0.1, 0.15) is 243 Å². The van der Waals surface area contributed by atoms with Crippen LogP contribution in [0.25, 0.3) is 0 Å². The Morgan fingerprint density at radius 3 is 1.12 bits per heavy atom. The molecule has 59 heavy (non-hydrogen) atoms. The highest BCUT2D eigenvalue weighted by molar-refractivity contribution is 7.62. The molecular weight excluding hydrogens is 774 g/mol. The van der Waals surface area contributed by atoms with E-state index >= 15 is 9.13 Å². The summed E-state index contributed by atoms with van der Waals surface area (Å²) >= 11 is 0. The van der Waals surface area contributed by atoms with Crippen LogP contribution in [0.15, 0.2) is 24.3 Å². The zero-order valence-electron chi connectivity index (χ0n) is 39.6. The van der Waals surface area contributed by atoms with Crippen molar-refractivity contribution in [2.45, 2.75) is 234 Å². The summed E-state index contributed by atoms with van der Waals surface area (Å²) in [5, 5.41) is 0. The number of aryl methyl sites for hydroxylation is 2. The number of rotatable bonds is 26. The molecule has 0 radical (unpaired) electrons. The molecule has 2 unspecified atom stereocenters. The van der Waals surface area contributed by atoms with Crippen molar-refractivity contribution in [2.24, 2.45) is 0 Å². The molecule has 2 aromatic carbocycles. The summed E-state index contributed by atoms with van der Waals surface area (Å²) in [4.78, 5) is 0. The summed E-state index contributed by atoms with van der Waals surface area (Å²) in [6.45, 7) is 23.9. The van der Waals surface area contributed by atoms with Crippen LogP contribution >= 0.6 is 15.6 Å². The van der Waals surface area contributed by atoms with Crippen LogP contribution in [-0.2, 0) is 33.3 Å². The summed E-state index contributed by atoms with van der Waals surface area (Å²) in [5.74, 6) is 0.905. The fourth-order valence-corrected chi connectivity index (χ4v) is 11.5. The highest BCUT2D eigenvalue weighted by Crippen LogP contribution is 2.66. The Kier molecular flexibility index (Phi) is 22.3. The Balaban J connectivity index is 2.00. The molecular formula is C50H86O7P2. The normalized spacial score (nSPS) is 19.8. The molecule has 2 atom stereocenters. The van der Waals surface area contributed by atoms with Gasteiger partial charge in [-0.15, -0.1) is 0 Å². The van der Waals surface area contributed by atoms with Gasteiger partial charge in [-0.3, -0.25) is 9.05 Å². The van der Waals surface area contributed by atoms with Crippen molar-refractivity contribution in [3.8, 4) is 11.5 Å². The second-order valence-electron chi connectivity index (χ2n) is 19.4. The van der Waals surface area contributed by atoms with Gasteiger partial charge in [0.05, 0.1) is 13.2 Å². The van der Waals surface area contributed by atoms with Crippen molar-refractivity contribution >= 4 is 15.6 Å². The van der Waals surface area contributed by atoms with Crippen molar-refractivity contribution in [2.75, 3.05) is 13.2 Å². The van der Waals surface area contributed by atoms with E-state index in [2.05, 4.69) is 88.3 Å². The van der Waals surface area contributed by atoms with E-state index in [9.17, 15) is 0 Å². The van der Waals surface area contributed by atoms with E-state index < -0.39 is 15.6 Å². The molecule has 0 aromatic heterocycles. The molecule has 7 nitrogen and oxygen atoms in total. The molecule has 6 rings (SSSR count). The minimum Gasteiger partial charge on any atom is -0.403 e. The third-order valence-electron chi connectivity index (χ3n) is 11.8. The van der Waals surface area contributed by atoms with Crippen LogP contribution in [0.3, 0.4) is 0 Å². The van der Waals surface area contributed by atoms with Gasteiger partial charge in [0.25, 0.3) is 0 Å². The van der Waals surface area contributed by atoms with Crippen LogP contribution in [0.2, 0.25) is 0 Å². The van der Waals surface area contributed by atoms with E-state index in [1.807, 2.05) is 12.1 Å². The molecule has 0 aliphatic carbocycles. The Hall–Kier alpha value is -1.62. The second-order valence-corrected chi connectivity index (χ2v) is 22.8. The van der Waals surface area contributed by atoms with E-state index in [-0.39, 0.29) is 30.0 Å². The fraction of sp³-hybridized carbons (Fsp3) is 0.760. The SMILES string of the molecule is CCCCCCCCCCCCOP1(=O)Oc2cc(C)c(cc2C(C)(C)C)C(CCC)c2cc(C(C)(C)C)c(cc2C)OP(=O)(OCCCCCCCCCCCC)O1. The molecule has 4 aliphatic rings. The fourth-order valence-electron chi connectivity index (χ4n) is 8.27. The maximum absolute atomic E-state index is 15.2. The van der Waals surface area contributed by atoms with Crippen molar-refractivity contribution in [3.05, 3.63) is 57.6 Å². The van der Waals surface area contributed by atoms with E-state index in [1.54, 1.807) is 0 Å². The van der Waals surface area contributed by atoms with Crippen molar-refractivity contribution < 1.29 is 31.5 Å². The second kappa shape index (κ2) is 25.5.